The van der Waals surface area contributed by atoms with Gasteiger partial charge in [-0.1, -0.05) is 12.1 Å². The maximum absolute atomic E-state index is 13.5. The normalized spacial score (nSPS) is 20.6. The fourth-order valence-electron chi connectivity index (χ4n) is 4.96. The van der Waals surface area contributed by atoms with Crippen molar-refractivity contribution < 1.29 is 28.6 Å². The van der Waals surface area contributed by atoms with Gasteiger partial charge in [-0.3, -0.25) is 14.5 Å². The lowest BCUT2D eigenvalue weighted by Crippen LogP contribution is -2.54. The molecule has 0 bridgehead atoms. The highest BCUT2D eigenvalue weighted by Crippen LogP contribution is 2.36. The van der Waals surface area contributed by atoms with E-state index < -0.39 is 11.6 Å². The molecule has 1 unspecified atom stereocenters. The van der Waals surface area contributed by atoms with Crippen LogP contribution in [-0.4, -0.2) is 67.6 Å². The number of nitrogens with one attached hydrogen (secondary N) is 1. The number of hydrogen-bond acceptors (Lipinski definition) is 6. The van der Waals surface area contributed by atoms with E-state index in [0.29, 0.717) is 54.3 Å². The molecule has 0 radical (unpaired) electrons. The van der Waals surface area contributed by atoms with Gasteiger partial charge in [0.2, 0.25) is 0 Å². The second kappa shape index (κ2) is 9.85. The van der Waals surface area contributed by atoms with E-state index in [0.717, 1.165) is 0 Å². The summed E-state index contributed by atoms with van der Waals surface area (Å²) >= 11 is 0. The van der Waals surface area contributed by atoms with Crippen LogP contribution in [-0.2, 0) is 11.3 Å². The third-order valence-corrected chi connectivity index (χ3v) is 7.05. The van der Waals surface area contributed by atoms with E-state index in [1.54, 1.807) is 61.4 Å². The number of urea groups is 1. The van der Waals surface area contributed by atoms with Crippen LogP contribution in [0.1, 0.15) is 35.7 Å². The Bertz CT molecular complexity index is 1110. The van der Waals surface area contributed by atoms with Crippen LogP contribution in [0.2, 0.25) is 0 Å². The van der Waals surface area contributed by atoms with Gasteiger partial charge in [0.15, 0.2) is 11.5 Å². The Morgan fingerprint density at radius 3 is 2.29 bits per heavy atom. The number of nitrogens with zero attached hydrogens (tertiary/aromatic N) is 2. The van der Waals surface area contributed by atoms with Crippen molar-refractivity contribution in [2.45, 2.75) is 31.8 Å². The van der Waals surface area contributed by atoms with Crippen molar-refractivity contribution in [1.29, 1.82) is 0 Å². The molecule has 2 aliphatic rings. The van der Waals surface area contributed by atoms with E-state index in [1.165, 1.54) is 19.1 Å². The summed E-state index contributed by atoms with van der Waals surface area (Å²) in [4.78, 5) is 42.3. The van der Waals surface area contributed by atoms with Crippen LogP contribution in [0.15, 0.2) is 42.5 Å². The lowest BCUT2D eigenvalue weighted by atomic mass is 9.78. The van der Waals surface area contributed by atoms with Gasteiger partial charge in [0.25, 0.3) is 11.8 Å². The fraction of sp³-hybridized carbons (Fsp3) is 0.423. The highest BCUT2D eigenvalue weighted by Gasteiger charge is 2.53. The van der Waals surface area contributed by atoms with E-state index in [9.17, 15) is 14.4 Å². The molecule has 4 rings (SSSR count). The van der Waals surface area contributed by atoms with Crippen LogP contribution >= 0.6 is 0 Å². The van der Waals surface area contributed by atoms with E-state index in [1.807, 2.05) is 0 Å². The average Bonchev–Trinajstić information content (AvgIpc) is 3.11. The second-order valence-corrected chi connectivity index (χ2v) is 8.97. The molecule has 2 aromatic carbocycles. The van der Waals surface area contributed by atoms with Gasteiger partial charge in [0.05, 0.1) is 27.9 Å². The quantitative estimate of drug-likeness (QED) is 0.611. The number of rotatable bonds is 7. The number of benzene rings is 2. The van der Waals surface area contributed by atoms with Gasteiger partial charge < -0.3 is 24.4 Å². The minimum absolute atomic E-state index is 0.0511. The first-order chi connectivity index (χ1) is 16.8. The number of hydrogen-bond donors (Lipinski definition) is 1. The number of likely N-dealkylation sites (tertiary alicyclic amines) is 1. The first kappa shape index (κ1) is 24.4. The van der Waals surface area contributed by atoms with Crippen molar-refractivity contribution in [3.05, 3.63) is 53.6 Å². The lowest BCUT2D eigenvalue weighted by molar-refractivity contribution is -0.133. The van der Waals surface area contributed by atoms with Crippen molar-refractivity contribution in [3.63, 3.8) is 0 Å². The standard InChI is InChI=1S/C26H31N3O6/c1-26(19-12-14-28(15-13-19)23(30)17-8-10-20(33-2)11-9-17)24(31)29(25(32)27-26)16-18-6-5-7-21(34-3)22(18)35-4/h5-11,19H,12-16H2,1-4H3,(H,27,32). The molecule has 2 heterocycles. The predicted octanol–water partition coefficient (Wildman–Crippen LogP) is 3.08. The van der Waals surface area contributed by atoms with Crippen molar-refractivity contribution in [2.24, 2.45) is 5.92 Å². The summed E-state index contributed by atoms with van der Waals surface area (Å²) in [5, 5.41) is 2.92. The monoisotopic (exact) mass is 481 g/mol. The molecule has 9 heteroatoms. The third-order valence-electron chi connectivity index (χ3n) is 7.05. The van der Waals surface area contributed by atoms with E-state index >= 15 is 0 Å². The van der Waals surface area contributed by atoms with Gasteiger partial charge in [0.1, 0.15) is 11.3 Å². The van der Waals surface area contributed by atoms with Crippen LogP contribution < -0.4 is 19.5 Å². The molecule has 1 atom stereocenters. The molecule has 0 aromatic heterocycles. The molecular formula is C26H31N3O6. The minimum atomic E-state index is -1.03. The highest BCUT2D eigenvalue weighted by molar-refractivity contribution is 6.07. The topological polar surface area (TPSA) is 97.4 Å². The number of carbonyl (C=O) groups excluding carboxylic acids is 3. The predicted molar refractivity (Wildman–Crippen MR) is 129 cm³/mol. The smallest absolute Gasteiger partial charge is 0.325 e. The van der Waals surface area contributed by atoms with Crippen molar-refractivity contribution in [3.8, 4) is 17.2 Å². The molecule has 35 heavy (non-hydrogen) atoms. The number of imide groups is 1. The Labute approximate surface area is 204 Å². The Morgan fingerprint density at radius 1 is 1.00 bits per heavy atom. The molecule has 1 N–H and O–H groups in total. The third kappa shape index (κ3) is 4.50. The van der Waals surface area contributed by atoms with Gasteiger partial charge in [0, 0.05) is 24.2 Å². The van der Waals surface area contributed by atoms with Gasteiger partial charge in [-0.15, -0.1) is 0 Å². The summed E-state index contributed by atoms with van der Waals surface area (Å²) in [5.74, 6) is 1.32. The molecule has 186 valence electrons. The molecule has 2 aromatic rings. The first-order valence-electron chi connectivity index (χ1n) is 11.6. The zero-order chi connectivity index (χ0) is 25.2. The van der Waals surface area contributed by atoms with E-state index in [-0.39, 0.29) is 24.3 Å². The molecular weight excluding hydrogens is 450 g/mol. The van der Waals surface area contributed by atoms with Crippen LogP contribution in [0.25, 0.3) is 0 Å². The van der Waals surface area contributed by atoms with E-state index in [2.05, 4.69) is 5.32 Å². The Balaban J connectivity index is 1.43. The van der Waals surface area contributed by atoms with E-state index in [4.69, 9.17) is 14.2 Å². The molecule has 4 amide bonds. The highest BCUT2D eigenvalue weighted by atomic mass is 16.5. The van der Waals surface area contributed by atoms with Crippen molar-refractivity contribution >= 4 is 17.8 Å². The van der Waals surface area contributed by atoms with Crippen molar-refractivity contribution in [1.82, 2.24) is 15.1 Å². The van der Waals surface area contributed by atoms with Crippen LogP contribution in [0.3, 0.4) is 0 Å². The first-order valence-corrected chi connectivity index (χ1v) is 11.6. The molecule has 2 saturated heterocycles. The number of piperidine rings is 1. The fourth-order valence-corrected chi connectivity index (χ4v) is 4.96. The average molecular weight is 482 g/mol. The summed E-state index contributed by atoms with van der Waals surface area (Å²) in [7, 11) is 4.65. The number of para-hydroxylation sites is 1. The number of amides is 4. The summed E-state index contributed by atoms with van der Waals surface area (Å²) < 4.78 is 16.0. The lowest BCUT2D eigenvalue weighted by Gasteiger charge is -2.39. The molecule has 0 spiro atoms. The molecule has 9 nitrogen and oxygen atoms in total. The Morgan fingerprint density at radius 2 is 1.69 bits per heavy atom. The van der Waals surface area contributed by atoms with Crippen LogP contribution in [0.4, 0.5) is 4.79 Å². The summed E-state index contributed by atoms with van der Waals surface area (Å²) in [6, 6.07) is 12.0. The summed E-state index contributed by atoms with van der Waals surface area (Å²) in [5.41, 5.74) is 0.247. The zero-order valence-electron chi connectivity index (χ0n) is 20.5. The van der Waals surface area contributed by atoms with Gasteiger partial charge >= 0.3 is 6.03 Å². The molecule has 0 aliphatic carbocycles. The molecule has 2 fully saturated rings. The minimum Gasteiger partial charge on any atom is -0.497 e. The van der Waals surface area contributed by atoms with Crippen LogP contribution in [0.5, 0.6) is 17.2 Å². The maximum atomic E-state index is 13.5. The van der Waals surface area contributed by atoms with Crippen molar-refractivity contribution in [2.75, 3.05) is 34.4 Å². The number of methoxy groups -OCH3 is 3. The molecule has 0 saturated carbocycles. The maximum Gasteiger partial charge on any atom is 0.325 e. The van der Waals surface area contributed by atoms with Gasteiger partial charge in [-0.05, 0) is 56.0 Å². The Kier molecular flexibility index (Phi) is 6.86. The number of ether oxygens (including phenoxy) is 3. The number of carbonyl (C=O) groups is 3. The summed E-state index contributed by atoms with van der Waals surface area (Å²) in [6.07, 6.45) is 1.22. The molecule has 2 aliphatic heterocycles. The second-order valence-electron chi connectivity index (χ2n) is 8.97. The largest absolute Gasteiger partial charge is 0.497 e. The van der Waals surface area contributed by atoms with Crippen LogP contribution in [0, 0.1) is 5.92 Å². The zero-order valence-corrected chi connectivity index (χ0v) is 20.5. The SMILES string of the molecule is COc1ccc(C(=O)N2CCC(C3(C)NC(=O)N(Cc4cccc(OC)c4OC)C3=O)CC2)cc1. The van der Waals surface area contributed by atoms with Gasteiger partial charge in [-0.25, -0.2) is 4.79 Å². The Hall–Kier alpha value is -3.75. The summed E-state index contributed by atoms with van der Waals surface area (Å²) in [6.45, 7) is 2.88. The van der Waals surface area contributed by atoms with Gasteiger partial charge in [-0.2, -0.15) is 0 Å².